The molecule has 2 aromatic rings. The van der Waals surface area contributed by atoms with Gasteiger partial charge in [0.1, 0.15) is 6.33 Å². The lowest BCUT2D eigenvalue weighted by Gasteiger charge is -2.23. The molecule has 0 N–H and O–H groups in total. The summed E-state index contributed by atoms with van der Waals surface area (Å²) in [4.78, 5) is 14.0. The Labute approximate surface area is 127 Å². The molecule has 3 rings (SSSR count). The van der Waals surface area contributed by atoms with Crippen molar-refractivity contribution in [3.63, 3.8) is 0 Å². The van der Waals surface area contributed by atoms with E-state index in [1.165, 1.54) is 15.9 Å². The van der Waals surface area contributed by atoms with Crippen LogP contribution in [0.3, 0.4) is 0 Å². The van der Waals surface area contributed by atoms with Crippen LogP contribution >= 0.6 is 0 Å². The molecule has 0 aliphatic carbocycles. The highest BCUT2D eigenvalue weighted by Gasteiger charge is 2.33. The van der Waals surface area contributed by atoms with E-state index >= 15 is 0 Å². The van der Waals surface area contributed by atoms with Crippen LogP contribution < -0.4 is 0 Å². The Bertz CT molecular complexity index is 788. The lowest BCUT2D eigenvalue weighted by Crippen LogP contribution is -2.37. The summed E-state index contributed by atoms with van der Waals surface area (Å²) in [6, 6.07) is 6.63. The van der Waals surface area contributed by atoms with Crippen molar-refractivity contribution < 1.29 is 13.2 Å². The van der Waals surface area contributed by atoms with Gasteiger partial charge in [0.2, 0.25) is 0 Å². The number of carbonyl (C=O) groups is 1. The van der Waals surface area contributed by atoms with Crippen molar-refractivity contribution in [2.75, 3.05) is 18.6 Å². The van der Waals surface area contributed by atoms with Gasteiger partial charge in [-0.25, -0.2) is 13.1 Å². The van der Waals surface area contributed by atoms with Gasteiger partial charge >= 0.3 is 0 Å². The molecular formula is C13H15N5O3S. The van der Waals surface area contributed by atoms with Crippen LogP contribution in [-0.4, -0.2) is 64.0 Å². The van der Waals surface area contributed by atoms with Crippen LogP contribution in [0.5, 0.6) is 0 Å². The monoisotopic (exact) mass is 321 g/mol. The summed E-state index contributed by atoms with van der Waals surface area (Å²) >= 11 is 0. The van der Waals surface area contributed by atoms with Crippen LogP contribution in [-0.2, 0) is 9.84 Å². The molecular weight excluding hydrogens is 306 g/mol. The van der Waals surface area contributed by atoms with Gasteiger partial charge in [-0.2, -0.15) is 0 Å². The van der Waals surface area contributed by atoms with Crippen LogP contribution in [0.15, 0.2) is 30.6 Å². The number of aromatic nitrogens is 4. The number of tetrazole rings is 1. The van der Waals surface area contributed by atoms with Crippen LogP contribution in [0.25, 0.3) is 5.69 Å². The molecule has 1 atom stereocenters. The molecule has 22 heavy (non-hydrogen) atoms. The average Bonchev–Trinajstić information content (AvgIpc) is 3.15. The Morgan fingerprint density at radius 3 is 2.86 bits per heavy atom. The highest BCUT2D eigenvalue weighted by molar-refractivity contribution is 7.91. The first-order chi connectivity index (χ1) is 10.5. The molecule has 9 heteroatoms. The third-order valence-corrected chi connectivity index (χ3v) is 5.53. The minimum absolute atomic E-state index is 0.0297. The zero-order valence-corrected chi connectivity index (χ0v) is 12.8. The van der Waals surface area contributed by atoms with Crippen molar-refractivity contribution in [1.82, 2.24) is 25.1 Å². The zero-order valence-electron chi connectivity index (χ0n) is 12.0. The number of hydrogen-bond acceptors (Lipinski definition) is 6. The van der Waals surface area contributed by atoms with Crippen LogP contribution in [0.4, 0.5) is 0 Å². The Hall–Kier alpha value is -2.29. The molecule has 1 aromatic carbocycles. The first-order valence-corrected chi connectivity index (χ1v) is 8.59. The maximum Gasteiger partial charge on any atom is 0.253 e. The maximum atomic E-state index is 12.5. The Morgan fingerprint density at radius 2 is 2.23 bits per heavy atom. The van der Waals surface area contributed by atoms with Crippen molar-refractivity contribution in [2.45, 2.75) is 12.5 Å². The van der Waals surface area contributed by atoms with E-state index in [4.69, 9.17) is 0 Å². The second-order valence-electron chi connectivity index (χ2n) is 5.28. The largest absolute Gasteiger partial charge is 0.338 e. The van der Waals surface area contributed by atoms with Gasteiger partial charge in [-0.05, 0) is 35.0 Å². The minimum Gasteiger partial charge on any atom is -0.338 e. The highest BCUT2D eigenvalue weighted by atomic mass is 32.2. The molecule has 0 spiro atoms. The summed E-state index contributed by atoms with van der Waals surface area (Å²) in [5.74, 6) is -0.0426. The molecule has 1 aliphatic rings. The van der Waals surface area contributed by atoms with E-state index in [1.807, 2.05) is 0 Å². The Kier molecular flexibility index (Phi) is 3.65. The molecule has 8 nitrogen and oxygen atoms in total. The SMILES string of the molecule is CN(C(=O)c1cccc(-n2cnnn2)c1)[C@@H]1CCS(=O)(=O)C1. The van der Waals surface area contributed by atoms with E-state index in [-0.39, 0.29) is 23.5 Å². The fourth-order valence-electron chi connectivity index (χ4n) is 2.51. The van der Waals surface area contributed by atoms with E-state index in [0.717, 1.165) is 0 Å². The van der Waals surface area contributed by atoms with Crippen LogP contribution in [0, 0.1) is 0 Å². The van der Waals surface area contributed by atoms with Gasteiger partial charge in [-0.15, -0.1) is 5.10 Å². The van der Waals surface area contributed by atoms with Crippen LogP contribution in [0.2, 0.25) is 0 Å². The summed E-state index contributed by atoms with van der Waals surface area (Å²) in [6.07, 6.45) is 1.92. The van der Waals surface area contributed by atoms with E-state index < -0.39 is 9.84 Å². The van der Waals surface area contributed by atoms with Crippen molar-refractivity contribution in [3.05, 3.63) is 36.2 Å². The standard InChI is InChI=1S/C13H15N5O3S/c1-17(12-5-6-22(20,21)8-12)13(19)10-3-2-4-11(7-10)18-9-14-15-16-18/h2-4,7,9,12H,5-6,8H2,1H3/t12-/m1/s1. The smallest absolute Gasteiger partial charge is 0.253 e. The Morgan fingerprint density at radius 1 is 1.41 bits per heavy atom. The summed E-state index contributed by atoms with van der Waals surface area (Å²) < 4.78 is 24.6. The lowest BCUT2D eigenvalue weighted by atomic mass is 10.1. The predicted octanol–water partition coefficient (Wildman–Crippen LogP) is -0.0786. The Balaban J connectivity index is 1.82. The summed E-state index contributed by atoms with van der Waals surface area (Å²) in [5, 5.41) is 10.9. The molecule has 1 amide bonds. The van der Waals surface area contributed by atoms with E-state index in [2.05, 4.69) is 15.5 Å². The second kappa shape index (κ2) is 5.48. The summed E-state index contributed by atoms with van der Waals surface area (Å²) in [6.45, 7) is 0. The number of carbonyl (C=O) groups excluding carboxylic acids is 1. The minimum atomic E-state index is -3.02. The number of benzene rings is 1. The number of amides is 1. The van der Waals surface area contributed by atoms with E-state index in [9.17, 15) is 13.2 Å². The topological polar surface area (TPSA) is 98.1 Å². The molecule has 1 fully saturated rings. The fourth-order valence-corrected chi connectivity index (χ4v) is 4.29. The quantitative estimate of drug-likeness (QED) is 0.784. The molecule has 0 bridgehead atoms. The first-order valence-electron chi connectivity index (χ1n) is 6.77. The van der Waals surface area contributed by atoms with E-state index in [0.29, 0.717) is 17.7 Å². The van der Waals surface area contributed by atoms with Crippen LogP contribution in [0.1, 0.15) is 16.8 Å². The third kappa shape index (κ3) is 2.84. The van der Waals surface area contributed by atoms with Crippen molar-refractivity contribution in [2.24, 2.45) is 0 Å². The average molecular weight is 321 g/mol. The number of sulfone groups is 1. The highest BCUT2D eigenvalue weighted by Crippen LogP contribution is 2.19. The lowest BCUT2D eigenvalue weighted by molar-refractivity contribution is 0.0747. The van der Waals surface area contributed by atoms with Gasteiger partial charge in [-0.1, -0.05) is 6.07 Å². The molecule has 0 radical (unpaired) electrons. The summed E-state index contributed by atoms with van der Waals surface area (Å²) in [7, 11) is -1.39. The first kappa shape index (κ1) is 14.6. The zero-order chi connectivity index (χ0) is 15.7. The van der Waals surface area contributed by atoms with E-state index in [1.54, 1.807) is 31.3 Å². The molecule has 0 unspecified atom stereocenters. The normalized spacial score (nSPS) is 20.0. The number of nitrogens with zero attached hydrogens (tertiary/aromatic N) is 5. The summed E-state index contributed by atoms with van der Waals surface area (Å²) in [5.41, 5.74) is 1.14. The van der Waals surface area contributed by atoms with Crippen molar-refractivity contribution in [1.29, 1.82) is 0 Å². The number of hydrogen-bond donors (Lipinski definition) is 0. The van der Waals surface area contributed by atoms with Crippen molar-refractivity contribution >= 4 is 15.7 Å². The molecule has 116 valence electrons. The fraction of sp³-hybridized carbons (Fsp3) is 0.385. The van der Waals surface area contributed by atoms with Gasteiger partial charge in [0, 0.05) is 18.7 Å². The molecule has 2 heterocycles. The van der Waals surface area contributed by atoms with Crippen molar-refractivity contribution in [3.8, 4) is 5.69 Å². The molecule has 1 saturated heterocycles. The maximum absolute atomic E-state index is 12.5. The van der Waals surface area contributed by atoms with Gasteiger partial charge in [-0.3, -0.25) is 4.79 Å². The van der Waals surface area contributed by atoms with Gasteiger partial charge in [0.25, 0.3) is 5.91 Å². The van der Waals surface area contributed by atoms with Gasteiger partial charge in [0.15, 0.2) is 9.84 Å². The van der Waals surface area contributed by atoms with Gasteiger partial charge in [0.05, 0.1) is 17.2 Å². The second-order valence-corrected chi connectivity index (χ2v) is 7.51. The third-order valence-electron chi connectivity index (χ3n) is 3.78. The molecule has 1 aliphatic heterocycles. The molecule has 1 aromatic heterocycles. The predicted molar refractivity (Wildman–Crippen MR) is 78.3 cm³/mol. The number of rotatable bonds is 3. The molecule has 0 saturated carbocycles. The van der Waals surface area contributed by atoms with Gasteiger partial charge < -0.3 is 4.90 Å².